The van der Waals surface area contributed by atoms with Gasteiger partial charge in [-0.15, -0.1) is 0 Å². The largest absolute Gasteiger partial charge is 0.465 e. The molecule has 2 atom stereocenters. The zero-order valence-electron chi connectivity index (χ0n) is 11.8. The normalized spacial score (nSPS) is 29.8. The van der Waals surface area contributed by atoms with Crippen LogP contribution in [0.3, 0.4) is 0 Å². The van der Waals surface area contributed by atoms with Gasteiger partial charge in [-0.1, -0.05) is 6.92 Å². The van der Waals surface area contributed by atoms with Crippen LogP contribution in [0.4, 0.5) is 14.5 Å². The predicted octanol–water partition coefficient (Wildman–Crippen LogP) is 3.56. The molecule has 6 heteroatoms. The SMILES string of the molecule is COC(=O)c1ccc(I)cc1N1CCC2(C)C(C1)C2(F)F. The number of carbonyl (C=O) groups excluding carboxylic acids is 1. The highest BCUT2D eigenvalue weighted by molar-refractivity contribution is 14.1. The molecule has 1 aromatic carbocycles. The lowest BCUT2D eigenvalue weighted by atomic mass is 9.96. The minimum Gasteiger partial charge on any atom is -0.465 e. The van der Waals surface area contributed by atoms with Gasteiger partial charge in [0.2, 0.25) is 0 Å². The molecule has 1 saturated carbocycles. The number of hydrogen-bond acceptors (Lipinski definition) is 3. The van der Waals surface area contributed by atoms with E-state index in [1.54, 1.807) is 13.0 Å². The maximum Gasteiger partial charge on any atom is 0.339 e. The van der Waals surface area contributed by atoms with E-state index in [0.29, 0.717) is 24.2 Å². The van der Waals surface area contributed by atoms with Crippen molar-refractivity contribution in [1.29, 1.82) is 0 Å². The quantitative estimate of drug-likeness (QED) is 0.555. The first kappa shape index (κ1) is 15.0. The Balaban J connectivity index is 1.92. The molecular weight excluding hydrogens is 391 g/mol. The van der Waals surface area contributed by atoms with Gasteiger partial charge in [0.25, 0.3) is 5.92 Å². The van der Waals surface area contributed by atoms with Crippen LogP contribution in [-0.4, -0.2) is 32.1 Å². The number of nitrogens with zero attached hydrogens (tertiary/aromatic N) is 1. The molecule has 21 heavy (non-hydrogen) atoms. The van der Waals surface area contributed by atoms with Crippen molar-refractivity contribution in [2.75, 3.05) is 25.1 Å². The molecule has 0 spiro atoms. The Bertz CT molecular complexity index is 607. The second-order valence-electron chi connectivity index (χ2n) is 5.94. The van der Waals surface area contributed by atoms with Crippen LogP contribution >= 0.6 is 22.6 Å². The number of piperidine rings is 1. The molecule has 1 aliphatic carbocycles. The van der Waals surface area contributed by atoms with Crippen molar-refractivity contribution in [3.05, 3.63) is 27.3 Å². The fourth-order valence-corrected chi connectivity index (χ4v) is 3.75. The van der Waals surface area contributed by atoms with Crippen LogP contribution < -0.4 is 4.90 Å². The lowest BCUT2D eigenvalue weighted by Gasteiger charge is -2.31. The summed E-state index contributed by atoms with van der Waals surface area (Å²) in [6, 6.07) is 5.37. The molecule has 0 amide bonds. The summed E-state index contributed by atoms with van der Waals surface area (Å²) in [5.41, 5.74) is 0.264. The molecule has 0 bridgehead atoms. The zero-order valence-corrected chi connectivity index (χ0v) is 14.0. The molecule has 1 aliphatic heterocycles. The zero-order chi connectivity index (χ0) is 15.4. The van der Waals surface area contributed by atoms with Crippen molar-refractivity contribution >= 4 is 34.2 Å². The van der Waals surface area contributed by atoms with Gasteiger partial charge >= 0.3 is 5.97 Å². The van der Waals surface area contributed by atoms with Gasteiger partial charge in [0.15, 0.2) is 0 Å². The number of alkyl halides is 2. The Morgan fingerprint density at radius 1 is 1.48 bits per heavy atom. The van der Waals surface area contributed by atoms with Crippen molar-refractivity contribution in [3.8, 4) is 0 Å². The van der Waals surface area contributed by atoms with Crippen LogP contribution in [0.1, 0.15) is 23.7 Å². The molecule has 2 aliphatic rings. The molecule has 1 aromatic rings. The Morgan fingerprint density at radius 2 is 2.19 bits per heavy atom. The fourth-order valence-electron chi connectivity index (χ4n) is 3.28. The van der Waals surface area contributed by atoms with Crippen molar-refractivity contribution in [3.63, 3.8) is 0 Å². The minimum absolute atomic E-state index is 0.285. The Kier molecular flexibility index (Phi) is 3.42. The van der Waals surface area contributed by atoms with Crippen LogP contribution in [0.15, 0.2) is 18.2 Å². The van der Waals surface area contributed by atoms with Gasteiger partial charge in [0, 0.05) is 22.1 Å². The van der Waals surface area contributed by atoms with Crippen molar-refractivity contribution in [2.24, 2.45) is 11.3 Å². The van der Waals surface area contributed by atoms with Crippen molar-refractivity contribution in [1.82, 2.24) is 0 Å². The van der Waals surface area contributed by atoms with Crippen LogP contribution in [-0.2, 0) is 4.74 Å². The first-order valence-electron chi connectivity index (χ1n) is 6.82. The van der Waals surface area contributed by atoms with Gasteiger partial charge in [-0.2, -0.15) is 0 Å². The number of anilines is 1. The standard InChI is InChI=1S/C15H16F2INO2/c1-14-5-6-19(8-12(14)15(14,16)17)11-7-9(18)3-4-10(11)13(20)21-2/h3-4,7,12H,5-6,8H2,1-2H3. The van der Waals surface area contributed by atoms with Gasteiger partial charge in [0.05, 0.1) is 24.3 Å². The highest BCUT2D eigenvalue weighted by Crippen LogP contribution is 2.69. The molecule has 2 fully saturated rings. The Morgan fingerprint density at radius 3 is 2.81 bits per heavy atom. The van der Waals surface area contributed by atoms with Crippen molar-refractivity contribution < 1.29 is 18.3 Å². The van der Waals surface area contributed by atoms with E-state index in [1.807, 2.05) is 17.0 Å². The summed E-state index contributed by atoms with van der Waals surface area (Å²) in [7, 11) is 1.33. The van der Waals surface area contributed by atoms with E-state index in [1.165, 1.54) is 7.11 Å². The Hall–Kier alpha value is -0.920. The van der Waals surface area contributed by atoms with Crippen molar-refractivity contribution in [2.45, 2.75) is 19.3 Å². The third-order valence-electron chi connectivity index (χ3n) is 4.89. The summed E-state index contributed by atoms with van der Waals surface area (Å²) in [5, 5.41) is 0. The maximum atomic E-state index is 13.9. The number of esters is 1. The van der Waals surface area contributed by atoms with E-state index in [2.05, 4.69) is 22.6 Å². The average molecular weight is 407 g/mol. The number of fused-ring (bicyclic) bond motifs is 1. The summed E-state index contributed by atoms with van der Waals surface area (Å²) < 4.78 is 33.5. The smallest absolute Gasteiger partial charge is 0.339 e. The second kappa shape index (κ2) is 4.79. The lowest BCUT2D eigenvalue weighted by Crippen LogP contribution is -2.35. The van der Waals surface area contributed by atoms with Crippen LogP contribution in [0.5, 0.6) is 0 Å². The van der Waals surface area contributed by atoms with E-state index in [4.69, 9.17) is 4.74 Å². The number of hydrogen-bond donors (Lipinski definition) is 0. The number of rotatable bonds is 2. The average Bonchev–Trinajstić information content (AvgIpc) is 2.91. The van der Waals surface area contributed by atoms with E-state index in [9.17, 15) is 13.6 Å². The number of carbonyl (C=O) groups is 1. The van der Waals surface area contributed by atoms with Crippen LogP contribution in [0.2, 0.25) is 0 Å². The summed E-state index contributed by atoms with van der Waals surface area (Å²) in [5.74, 6) is -3.64. The molecule has 3 rings (SSSR count). The van der Waals surface area contributed by atoms with Gasteiger partial charge in [-0.3, -0.25) is 0 Å². The molecule has 2 unspecified atom stereocenters. The Labute approximate surface area is 135 Å². The monoisotopic (exact) mass is 407 g/mol. The highest BCUT2D eigenvalue weighted by atomic mass is 127. The topological polar surface area (TPSA) is 29.5 Å². The van der Waals surface area contributed by atoms with E-state index in [-0.39, 0.29) is 6.54 Å². The number of methoxy groups -OCH3 is 1. The summed E-state index contributed by atoms with van der Waals surface area (Å²) >= 11 is 2.15. The third-order valence-corrected chi connectivity index (χ3v) is 5.57. The van der Waals surface area contributed by atoms with Crippen LogP contribution in [0, 0.1) is 14.9 Å². The van der Waals surface area contributed by atoms with Gasteiger partial charge < -0.3 is 9.64 Å². The molecule has 0 aromatic heterocycles. The molecule has 114 valence electrons. The lowest BCUT2D eigenvalue weighted by molar-refractivity contribution is 0.0600. The van der Waals surface area contributed by atoms with E-state index >= 15 is 0 Å². The summed E-state index contributed by atoms with van der Waals surface area (Å²) in [4.78, 5) is 13.8. The second-order valence-corrected chi connectivity index (χ2v) is 7.19. The summed E-state index contributed by atoms with van der Waals surface area (Å²) in [6.07, 6.45) is 0.441. The molecule has 0 radical (unpaired) electrons. The number of benzene rings is 1. The first-order valence-corrected chi connectivity index (χ1v) is 7.90. The van der Waals surface area contributed by atoms with Gasteiger partial charge in [-0.25, -0.2) is 13.6 Å². The van der Waals surface area contributed by atoms with E-state index in [0.717, 1.165) is 3.57 Å². The van der Waals surface area contributed by atoms with E-state index < -0.39 is 23.2 Å². The maximum absolute atomic E-state index is 13.9. The summed E-state index contributed by atoms with van der Waals surface area (Å²) in [6.45, 7) is 2.48. The molecule has 1 heterocycles. The van der Waals surface area contributed by atoms with Gasteiger partial charge in [-0.05, 0) is 47.2 Å². The molecule has 3 nitrogen and oxygen atoms in total. The fraction of sp³-hybridized carbons (Fsp3) is 0.533. The highest BCUT2D eigenvalue weighted by Gasteiger charge is 2.78. The van der Waals surface area contributed by atoms with Crippen LogP contribution in [0.25, 0.3) is 0 Å². The van der Waals surface area contributed by atoms with Gasteiger partial charge in [0.1, 0.15) is 0 Å². The minimum atomic E-state index is -2.59. The first-order chi connectivity index (χ1) is 9.81. The number of ether oxygens (including phenoxy) is 1. The third kappa shape index (κ3) is 2.13. The molecule has 0 N–H and O–H groups in total. The predicted molar refractivity (Wildman–Crippen MR) is 83.9 cm³/mol. The number of halogens is 3. The molecule has 1 saturated heterocycles. The molecular formula is C15H16F2INO2.